The molecule has 90 valence electrons. The summed E-state index contributed by atoms with van der Waals surface area (Å²) < 4.78 is 2.02. The van der Waals surface area contributed by atoms with Gasteiger partial charge in [-0.25, -0.2) is 4.68 Å². The molecule has 0 bridgehead atoms. The van der Waals surface area contributed by atoms with Crippen molar-refractivity contribution in [3.05, 3.63) is 54.5 Å². The van der Waals surface area contributed by atoms with Crippen molar-refractivity contribution in [3.8, 4) is 5.69 Å². The van der Waals surface area contributed by atoms with Crippen LogP contribution in [-0.2, 0) is 6.42 Å². The highest BCUT2D eigenvalue weighted by Crippen LogP contribution is 2.21. The average Bonchev–Trinajstić information content (AvgIpc) is 2.87. The molecule has 3 nitrogen and oxygen atoms in total. The molecule has 0 aliphatic carbocycles. The zero-order valence-corrected chi connectivity index (χ0v) is 10.4. The highest BCUT2D eigenvalue weighted by Gasteiger charge is 2.07. The van der Waals surface area contributed by atoms with Crippen LogP contribution >= 0.6 is 0 Å². The zero-order valence-electron chi connectivity index (χ0n) is 10.4. The maximum Gasteiger partial charge on any atom is 0.0742 e. The summed E-state index contributed by atoms with van der Waals surface area (Å²) in [4.78, 5) is 4.39. The smallest absolute Gasteiger partial charge is 0.0742 e. The second-order valence-electron chi connectivity index (χ2n) is 4.33. The molecule has 3 aromatic rings. The van der Waals surface area contributed by atoms with Gasteiger partial charge in [-0.15, -0.1) is 0 Å². The molecule has 0 fully saturated rings. The van der Waals surface area contributed by atoms with Gasteiger partial charge >= 0.3 is 0 Å². The van der Waals surface area contributed by atoms with Crippen LogP contribution in [0.3, 0.4) is 0 Å². The van der Waals surface area contributed by atoms with Gasteiger partial charge in [0.1, 0.15) is 0 Å². The van der Waals surface area contributed by atoms with Crippen LogP contribution in [0.4, 0.5) is 0 Å². The van der Waals surface area contributed by atoms with Crippen LogP contribution in [-0.4, -0.2) is 14.8 Å². The fourth-order valence-corrected chi connectivity index (χ4v) is 2.26. The van der Waals surface area contributed by atoms with Gasteiger partial charge in [0.2, 0.25) is 0 Å². The molecule has 1 aromatic carbocycles. The molecule has 3 heteroatoms. The number of hydrogen-bond donors (Lipinski definition) is 0. The molecule has 0 spiro atoms. The van der Waals surface area contributed by atoms with Crippen LogP contribution in [0.2, 0.25) is 0 Å². The van der Waals surface area contributed by atoms with Crippen molar-refractivity contribution in [2.75, 3.05) is 0 Å². The van der Waals surface area contributed by atoms with Gasteiger partial charge in [-0.2, -0.15) is 5.10 Å². The Hall–Kier alpha value is -2.16. The molecule has 3 rings (SSSR count). The molecule has 0 aliphatic heterocycles. The minimum Gasteiger partial charge on any atom is -0.256 e. The van der Waals surface area contributed by atoms with Gasteiger partial charge in [0, 0.05) is 23.5 Å². The number of hydrogen-bond acceptors (Lipinski definition) is 2. The monoisotopic (exact) mass is 237 g/mol. The van der Waals surface area contributed by atoms with Crippen molar-refractivity contribution in [2.24, 2.45) is 0 Å². The molecular formula is C15H15N3. The number of pyridine rings is 1. The normalized spacial score (nSPS) is 10.9. The third kappa shape index (κ3) is 1.78. The van der Waals surface area contributed by atoms with Gasteiger partial charge in [-0.05, 0) is 36.8 Å². The first kappa shape index (κ1) is 11.0. The van der Waals surface area contributed by atoms with Crippen LogP contribution < -0.4 is 0 Å². The van der Waals surface area contributed by atoms with E-state index in [1.807, 2.05) is 35.3 Å². The Bertz CT molecular complexity index is 665. The van der Waals surface area contributed by atoms with E-state index in [0.29, 0.717) is 0 Å². The van der Waals surface area contributed by atoms with Crippen LogP contribution in [0.15, 0.2) is 48.8 Å². The summed E-state index contributed by atoms with van der Waals surface area (Å²) in [6.07, 6.45) is 5.84. The predicted octanol–water partition coefficient (Wildman–Crippen LogP) is 3.37. The summed E-state index contributed by atoms with van der Waals surface area (Å²) >= 11 is 0. The average molecular weight is 237 g/mol. The Labute approximate surface area is 106 Å². The molecule has 0 atom stereocenters. The third-order valence-corrected chi connectivity index (χ3v) is 3.08. The van der Waals surface area contributed by atoms with E-state index in [4.69, 9.17) is 0 Å². The Morgan fingerprint density at radius 3 is 2.89 bits per heavy atom. The highest BCUT2D eigenvalue weighted by atomic mass is 15.3. The minimum absolute atomic E-state index is 1.01. The number of aromatic nitrogens is 3. The minimum atomic E-state index is 1.01. The van der Waals surface area contributed by atoms with Crippen molar-refractivity contribution in [1.29, 1.82) is 0 Å². The van der Waals surface area contributed by atoms with Crippen molar-refractivity contribution < 1.29 is 0 Å². The fraction of sp³-hybridized carbons (Fsp3) is 0.200. The largest absolute Gasteiger partial charge is 0.256 e. The van der Waals surface area contributed by atoms with Gasteiger partial charge in [0.25, 0.3) is 0 Å². The molecule has 0 saturated carbocycles. The molecule has 0 unspecified atom stereocenters. The first-order valence-corrected chi connectivity index (χ1v) is 6.27. The summed E-state index contributed by atoms with van der Waals surface area (Å²) in [5, 5.41) is 5.58. The maximum absolute atomic E-state index is 4.44. The van der Waals surface area contributed by atoms with Gasteiger partial charge in [-0.3, -0.25) is 4.98 Å². The molecule has 18 heavy (non-hydrogen) atoms. The molecule has 0 saturated heterocycles. The molecule has 0 radical (unpaired) electrons. The second-order valence-corrected chi connectivity index (χ2v) is 4.33. The second kappa shape index (κ2) is 4.61. The van der Waals surface area contributed by atoms with Crippen LogP contribution in [0.1, 0.15) is 19.0 Å². The van der Waals surface area contributed by atoms with Crippen LogP contribution in [0.25, 0.3) is 16.6 Å². The lowest BCUT2D eigenvalue weighted by Crippen LogP contribution is -2.02. The van der Waals surface area contributed by atoms with E-state index < -0.39 is 0 Å². The van der Waals surface area contributed by atoms with Gasteiger partial charge in [0.05, 0.1) is 11.2 Å². The summed E-state index contributed by atoms with van der Waals surface area (Å²) in [6.45, 7) is 2.18. The van der Waals surface area contributed by atoms with E-state index in [9.17, 15) is 0 Å². The Kier molecular flexibility index (Phi) is 2.81. The molecular weight excluding hydrogens is 222 g/mol. The topological polar surface area (TPSA) is 30.7 Å². The Morgan fingerprint density at radius 2 is 2.00 bits per heavy atom. The van der Waals surface area contributed by atoms with Crippen molar-refractivity contribution in [3.63, 3.8) is 0 Å². The SMILES string of the molecule is CCCc1ccnn1-c1cccc2ncccc12. The number of fused-ring (bicyclic) bond motifs is 1. The standard InChI is InChI=1S/C15H15N3/c1-2-5-12-9-11-17-18(12)15-8-3-7-14-13(15)6-4-10-16-14/h3-4,6-11H,2,5H2,1H3. The van der Waals surface area contributed by atoms with E-state index >= 15 is 0 Å². The summed E-state index contributed by atoms with van der Waals surface area (Å²) in [6, 6.07) is 12.3. The molecule has 0 N–H and O–H groups in total. The first-order chi connectivity index (χ1) is 8.90. The van der Waals surface area contributed by atoms with Crippen LogP contribution in [0, 0.1) is 0 Å². The highest BCUT2D eigenvalue weighted by molar-refractivity contribution is 5.86. The molecule has 0 amide bonds. The maximum atomic E-state index is 4.44. The summed E-state index contributed by atoms with van der Waals surface area (Å²) in [5.74, 6) is 0. The van der Waals surface area contributed by atoms with E-state index in [1.54, 1.807) is 0 Å². The van der Waals surface area contributed by atoms with Crippen LogP contribution in [0.5, 0.6) is 0 Å². The van der Waals surface area contributed by atoms with Gasteiger partial charge < -0.3 is 0 Å². The number of aryl methyl sites for hydroxylation is 1. The zero-order chi connectivity index (χ0) is 12.4. The lowest BCUT2D eigenvalue weighted by atomic mass is 10.1. The number of rotatable bonds is 3. The third-order valence-electron chi connectivity index (χ3n) is 3.08. The van der Waals surface area contributed by atoms with Crippen molar-refractivity contribution in [1.82, 2.24) is 14.8 Å². The van der Waals surface area contributed by atoms with E-state index in [-0.39, 0.29) is 0 Å². The van der Waals surface area contributed by atoms with Crippen molar-refractivity contribution >= 4 is 10.9 Å². The van der Waals surface area contributed by atoms with E-state index in [0.717, 1.165) is 29.4 Å². The van der Waals surface area contributed by atoms with E-state index in [1.165, 1.54) is 5.69 Å². The van der Waals surface area contributed by atoms with Gasteiger partial charge in [0.15, 0.2) is 0 Å². The number of nitrogens with zero attached hydrogens (tertiary/aromatic N) is 3. The Balaban J connectivity index is 2.22. The van der Waals surface area contributed by atoms with E-state index in [2.05, 4.69) is 35.2 Å². The quantitative estimate of drug-likeness (QED) is 0.699. The Morgan fingerprint density at radius 1 is 1.06 bits per heavy atom. The molecule has 2 aromatic heterocycles. The first-order valence-electron chi connectivity index (χ1n) is 6.27. The fourth-order valence-electron chi connectivity index (χ4n) is 2.26. The summed E-state index contributed by atoms with van der Waals surface area (Å²) in [7, 11) is 0. The molecule has 2 heterocycles. The lowest BCUT2D eigenvalue weighted by molar-refractivity contribution is 0.779. The molecule has 0 aliphatic rings. The predicted molar refractivity (Wildman–Crippen MR) is 72.9 cm³/mol. The number of benzene rings is 1. The summed E-state index contributed by atoms with van der Waals surface area (Å²) in [5.41, 5.74) is 3.36. The lowest BCUT2D eigenvalue weighted by Gasteiger charge is -2.09. The van der Waals surface area contributed by atoms with Gasteiger partial charge in [-0.1, -0.05) is 19.4 Å². The van der Waals surface area contributed by atoms with Crippen molar-refractivity contribution in [2.45, 2.75) is 19.8 Å².